The Balaban J connectivity index is 1.83. The van der Waals surface area contributed by atoms with Gasteiger partial charge >= 0.3 is 0 Å². The zero-order valence-electron chi connectivity index (χ0n) is 12.8. The second-order valence-electron chi connectivity index (χ2n) is 5.11. The summed E-state index contributed by atoms with van der Waals surface area (Å²) in [4.78, 5) is 4.07. The Morgan fingerprint density at radius 1 is 1.13 bits per heavy atom. The van der Waals surface area contributed by atoms with Crippen LogP contribution in [0.5, 0.6) is 0 Å². The van der Waals surface area contributed by atoms with E-state index in [-0.39, 0.29) is 0 Å². The summed E-state index contributed by atoms with van der Waals surface area (Å²) in [5, 5.41) is 9.74. The molecule has 0 amide bonds. The van der Waals surface area contributed by atoms with Gasteiger partial charge in [-0.3, -0.25) is 4.98 Å². The maximum Gasteiger partial charge on any atom is 0.191 e. The molecule has 23 heavy (non-hydrogen) atoms. The van der Waals surface area contributed by atoms with Crippen LogP contribution in [0.4, 0.5) is 0 Å². The second kappa shape index (κ2) is 7.75. The van der Waals surface area contributed by atoms with E-state index in [2.05, 4.69) is 60.8 Å². The van der Waals surface area contributed by atoms with E-state index >= 15 is 0 Å². The highest BCUT2D eigenvalue weighted by atomic mass is 79.9. The topological polar surface area (TPSA) is 43.6 Å². The summed E-state index contributed by atoms with van der Waals surface area (Å²) in [6.45, 7) is 3.07. The Hall–Kier alpha value is -1.66. The maximum atomic E-state index is 4.39. The van der Waals surface area contributed by atoms with Gasteiger partial charge in [0, 0.05) is 34.7 Å². The maximum absolute atomic E-state index is 4.39. The molecule has 0 aliphatic rings. The van der Waals surface area contributed by atoms with Gasteiger partial charge in [0.25, 0.3) is 0 Å². The molecule has 0 bridgehead atoms. The summed E-state index contributed by atoms with van der Waals surface area (Å²) in [6.07, 6.45) is 4.61. The molecule has 0 atom stereocenters. The third-order valence-corrected chi connectivity index (χ3v) is 4.89. The Morgan fingerprint density at radius 2 is 1.96 bits per heavy atom. The highest BCUT2D eigenvalue weighted by molar-refractivity contribution is 9.10. The van der Waals surface area contributed by atoms with Crippen molar-refractivity contribution >= 4 is 27.7 Å². The van der Waals surface area contributed by atoms with Crippen molar-refractivity contribution in [1.82, 2.24) is 19.7 Å². The first kappa shape index (κ1) is 16.2. The summed E-state index contributed by atoms with van der Waals surface area (Å²) in [6, 6.07) is 12.3. The molecule has 4 nitrogen and oxygen atoms in total. The minimum atomic E-state index is 0.873. The molecule has 3 aromatic rings. The zero-order valence-corrected chi connectivity index (χ0v) is 15.2. The van der Waals surface area contributed by atoms with Crippen LogP contribution in [0.15, 0.2) is 58.4 Å². The normalized spacial score (nSPS) is 10.9. The predicted octanol–water partition coefficient (Wildman–Crippen LogP) is 4.80. The van der Waals surface area contributed by atoms with Crippen molar-refractivity contribution in [3.8, 4) is 11.4 Å². The Kier molecular flexibility index (Phi) is 5.46. The lowest BCUT2D eigenvalue weighted by Crippen LogP contribution is -2.02. The molecule has 6 heteroatoms. The molecule has 2 aromatic heterocycles. The number of aromatic nitrogens is 4. The van der Waals surface area contributed by atoms with E-state index in [1.807, 2.05) is 18.2 Å². The summed E-state index contributed by atoms with van der Waals surface area (Å²) >= 11 is 5.23. The van der Waals surface area contributed by atoms with E-state index in [9.17, 15) is 0 Å². The van der Waals surface area contributed by atoms with E-state index in [4.69, 9.17) is 0 Å². The van der Waals surface area contributed by atoms with Gasteiger partial charge < -0.3 is 4.57 Å². The first-order valence-electron chi connectivity index (χ1n) is 7.48. The van der Waals surface area contributed by atoms with Crippen LogP contribution in [0.3, 0.4) is 0 Å². The van der Waals surface area contributed by atoms with Crippen molar-refractivity contribution in [2.75, 3.05) is 0 Å². The zero-order chi connectivity index (χ0) is 16.1. The van der Waals surface area contributed by atoms with Gasteiger partial charge in [-0.15, -0.1) is 10.2 Å². The van der Waals surface area contributed by atoms with Crippen LogP contribution in [0, 0.1) is 0 Å². The fourth-order valence-corrected chi connectivity index (χ4v) is 3.66. The van der Waals surface area contributed by atoms with Gasteiger partial charge in [0.05, 0.1) is 0 Å². The number of rotatable bonds is 6. The molecular weight excluding hydrogens is 372 g/mol. The predicted molar refractivity (Wildman–Crippen MR) is 97.2 cm³/mol. The van der Waals surface area contributed by atoms with Crippen molar-refractivity contribution < 1.29 is 0 Å². The van der Waals surface area contributed by atoms with E-state index in [1.54, 1.807) is 24.2 Å². The Bertz CT molecular complexity index is 773. The van der Waals surface area contributed by atoms with Gasteiger partial charge in [0.2, 0.25) is 0 Å². The van der Waals surface area contributed by atoms with Gasteiger partial charge in [-0.05, 0) is 36.2 Å². The highest BCUT2D eigenvalue weighted by Crippen LogP contribution is 2.27. The number of thioether (sulfide) groups is 1. The summed E-state index contributed by atoms with van der Waals surface area (Å²) in [5.41, 5.74) is 2.32. The SMILES string of the molecule is CCCn1c(SCc2cccc(Br)c2)nnc1-c1ccncc1. The van der Waals surface area contributed by atoms with E-state index in [0.29, 0.717) is 0 Å². The number of pyridine rings is 1. The van der Waals surface area contributed by atoms with Crippen molar-refractivity contribution in [2.45, 2.75) is 30.8 Å². The van der Waals surface area contributed by atoms with Gasteiger partial charge in [-0.2, -0.15) is 0 Å². The molecule has 0 aliphatic heterocycles. The van der Waals surface area contributed by atoms with Gasteiger partial charge in [0.15, 0.2) is 11.0 Å². The van der Waals surface area contributed by atoms with Gasteiger partial charge in [0.1, 0.15) is 0 Å². The standard InChI is InChI=1S/C17H17BrN4S/c1-2-10-22-16(14-6-8-19-9-7-14)20-21-17(22)23-12-13-4-3-5-15(18)11-13/h3-9,11H,2,10,12H2,1H3. The number of hydrogen-bond donors (Lipinski definition) is 0. The third-order valence-electron chi connectivity index (χ3n) is 3.36. The van der Waals surface area contributed by atoms with E-state index in [1.165, 1.54) is 5.56 Å². The smallest absolute Gasteiger partial charge is 0.191 e. The van der Waals surface area contributed by atoms with Crippen molar-refractivity contribution in [3.63, 3.8) is 0 Å². The fraction of sp³-hybridized carbons (Fsp3) is 0.235. The van der Waals surface area contributed by atoms with Crippen molar-refractivity contribution in [2.24, 2.45) is 0 Å². The highest BCUT2D eigenvalue weighted by Gasteiger charge is 2.13. The molecule has 0 N–H and O–H groups in total. The third kappa shape index (κ3) is 4.00. The number of hydrogen-bond acceptors (Lipinski definition) is 4. The van der Waals surface area contributed by atoms with Gasteiger partial charge in [-0.1, -0.05) is 46.7 Å². The molecule has 1 aromatic carbocycles. The fourth-order valence-electron chi connectivity index (χ4n) is 2.31. The molecule has 118 valence electrons. The Labute approximate surface area is 148 Å². The quantitative estimate of drug-likeness (QED) is 0.568. The van der Waals surface area contributed by atoms with Gasteiger partial charge in [-0.25, -0.2) is 0 Å². The summed E-state index contributed by atoms with van der Waals surface area (Å²) < 4.78 is 3.29. The summed E-state index contributed by atoms with van der Waals surface area (Å²) in [7, 11) is 0. The molecule has 0 radical (unpaired) electrons. The molecule has 0 saturated carbocycles. The molecule has 0 spiro atoms. The molecule has 0 fully saturated rings. The van der Waals surface area contributed by atoms with Crippen LogP contribution >= 0.6 is 27.7 Å². The number of nitrogens with zero attached hydrogens (tertiary/aromatic N) is 4. The average Bonchev–Trinajstić information content (AvgIpc) is 2.97. The van der Waals surface area contributed by atoms with Crippen LogP contribution in [-0.4, -0.2) is 19.7 Å². The second-order valence-corrected chi connectivity index (χ2v) is 6.97. The van der Waals surface area contributed by atoms with Crippen molar-refractivity contribution in [3.05, 3.63) is 58.8 Å². The lowest BCUT2D eigenvalue weighted by Gasteiger charge is -2.09. The first-order valence-corrected chi connectivity index (χ1v) is 9.26. The molecular formula is C17H17BrN4S. The lowest BCUT2D eigenvalue weighted by atomic mass is 10.2. The number of halogens is 1. The molecule has 0 aliphatic carbocycles. The van der Waals surface area contributed by atoms with Crippen LogP contribution in [-0.2, 0) is 12.3 Å². The van der Waals surface area contributed by atoms with Crippen LogP contribution in [0.2, 0.25) is 0 Å². The van der Waals surface area contributed by atoms with Crippen LogP contribution in [0.1, 0.15) is 18.9 Å². The van der Waals surface area contributed by atoms with E-state index in [0.717, 1.165) is 39.7 Å². The lowest BCUT2D eigenvalue weighted by molar-refractivity contribution is 0.626. The van der Waals surface area contributed by atoms with Crippen LogP contribution in [0.25, 0.3) is 11.4 Å². The largest absolute Gasteiger partial charge is 0.302 e. The van der Waals surface area contributed by atoms with Crippen LogP contribution < -0.4 is 0 Å². The van der Waals surface area contributed by atoms with E-state index < -0.39 is 0 Å². The average molecular weight is 389 g/mol. The molecule has 0 saturated heterocycles. The molecule has 0 unspecified atom stereocenters. The minimum Gasteiger partial charge on any atom is -0.302 e. The molecule has 3 rings (SSSR count). The van der Waals surface area contributed by atoms with Crippen molar-refractivity contribution in [1.29, 1.82) is 0 Å². The number of benzene rings is 1. The first-order chi connectivity index (χ1) is 11.3. The Morgan fingerprint density at radius 3 is 2.70 bits per heavy atom. The monoisotopic (exact) mass is 388 g/mol. The minimum absolute atomic E-state index is 0.873. The molecule has 2 heterocycles. The summed E-state index contributed by atoms with van der Waals surface area (Å²) in [5.74, 6) is 1.78.